The van der Waals surface area contributed by atoms with Crippen molar-refractivity contribution in [2.24, 2.45) is 0 Å². The first-order chi connectivity index (χ1) is 9.27. The van der Waals surface area contributed by atoms with Crippen LogP contribution in [0.5, 0.6) is 0 Å². The summed E-state index contributed by atoms with van der Waals surface area (Å²) in [5.74, 6) is 0.659. The Kier molecular flexibility index (Phi) is 6.36. The van der Waals surface area contributed by atoms with Crippen LogP contribution in [0.1, 0.15) is 37.7 Å². The van der Waals surface area contributed by atoms with Gasteiger partial charge in [0.25, 0.3) is 0 Å². The van der Waals surface area contributed by atoms with E-state index in [4.69, 9.17) is 5.11 Å². The van der Waals surface area contributed by atoms with E-state index in [1.54, 1.807) is 0 Å². The van der Waals surface area contributed by atoms with Gasteiger partial charge in [-0.2, -0.15) is 5.10 Å². The van der Waals surface area contributed by atoms with Gasteiger partial charge in [-0.3, -0.25) is 8.89 Å². The molecule has 2 N–H and O–H groups in total. The normalized spacial score (nSPS) is 13.7. The molecular formula is C14H27N3O2S. The van der Waals surface area contributed by atoms with Gasteiger partial charge in [-0.15, -0.1) is 0 Å². The third-order valence-corrected chi connectivity index (χ3v) is 5.23. The molecule has 5 nitrogen and oxygen atoms in total. The van der Waals surface area contributed by atoms with Crippen molar-refractivity contribution < 1.29 is 9.32 Å². The third kappa shape index (κ3) is 4.68. The lowest BCUT2D eigenvalue weighted by molar-refractivity contribution is 0.267. The second-order valence-corrected chi connectivity index (χ2v) is 8.26. The van der Waals surface area contributed by atoms with Crippen molar-refractivity contribution in [1.82, 2.24) is 15.1 Å². The van der Waals surface area contributed by atoms with E-state index in [1.807, 2.05) is 39.3 Å². The molecule has 20 heavy (non-hydrogen) atoms. The van der Waals surface area contributed by atoms with Crippen LogP contribution in [0.15, 0.2) is 0 Å². The molecule has 0 saturated heterocycles. The van der Waals surface area contributed by atoms with E-state index >= 15 is 0 Å². The number of nitrogens with zero attached hydrogens (tertiary/aromatic N) is 2. The highest BCUT2D eigenvalue weighted by Crippen LogP contribution is 2.13. The van der Waals surface area contributed by atoms with Crippen molar-refractivity contribution >= 4 is 10.8 Å². The van der Waals surface area contributed by atoms with Crippen LogP contribution < -0.4 is 5.32 Å². The van der Waals surface area contributed by atoms with Gasteiger partial charge in [0, 0.05) is 45.6 Å². The molecule has 1 aromatic rings. The average molecular weight is 301 g/mol. The van der Waals surface area contributed by atoms with Gasteiger partial charge in [0.1, 0.15) is 0 Å². The van der Waals surface area contributed by atoms with Gasteiger partial charge in [0.15, 0.2) is 0 Å². The minimum Gasteiger partial charge on any atom is -0.394 e. The lowest BCUT2D eigenvalue weighted by atomic mass is 10.2. The Bertz CT molecular complexity index is 464. The Morgan fingerprint density at radius 2 is 2.00 bits per heavy atom. The van der Waals surface area contributed by atoms with Crippen LogP contribution in [-0.2, 0) is 23.9 Å². The van der Waals surface area contributed by atoms with Crippen molar-refractivity contribution in [2.75, 3.05) is 18.9 Å². The van der Waals surface area contributed by atoms with Crippen molar-refractivity contribution in [3.8, 4) is 0 Å². The fourth-order valence-electron chi connectivity index (χ4n) is 1.99. The van der Waals surface area contributed by atoms with Crippen LogP contribution >= 0.6 is 0 Å². The molecule has 1 heterocycles. The van der Waals surface area contributed by atoms with E-state index in [-0.39, 0.29) is 11.4 Å². The largest absolute Gasteiger partial charge is 0.394 e. The summed E-state index contributed by atoms with van der Waals surface area (Å²) >= 11 is 0. The maximum absolute atomic E-state index is 11.9. The minimum atomic E-state index is -0.820. The molecule has 0 aliphatic rings. The zero-order valence-corrected chi connectivity index (χ0v) is 14.0. The Hall–Kier alpha value is -0.720. The number of hydrogen-bond donors (Lipinski definition) is 2. The third-order valence-electron chi connectivity index (χ3n) is 3.29. The lowest BCUT2D eigenvalue weighted by Gasteiger charge is -2.17. The lowest BCUT2D eigenvalue weighted by Crippen LogP contribution is -2.29. The topological polar surface area (TPSA) is 67.2 Å². The van der Waals surface area contributed by atoms with Crippen LogP contribution in [0.2, 0.25) is 0 Å². The van der Waals surface area contributed by atoms with Gasteiger partial charge < -0.3 is 10.4 Å². The highest BCUT2D eigenvalue weighted by molar-refractivity contribution is 7.86. The molecule has 0 spiro atoms. The highest BCUT2D eigenvalue weighted by atomic mass is 32.2. The first-order valence-electron chi connectivity index (χ1n) is 7.00. The van der Waals surface area contributed by atoms with Gasteiger partial charge in [-0.25, -0.2) is 0 Å². The summed E-state index contributed by atoms with van der Waals surface area (Å²) in [6, 6.07) is 0. The van der Waals surface area contributed by atoms with Gasteiger partial charge in [0.05, 0.1) is 18.8 Å². The molecule has 0 saturated carbocycles. The monoisotopic (exact) mass is 301 g/mol. The smallest absolute Gasteiger partial charge is 0.0644 e. The highest BCUT2D eigenvalue weighted by Gasteiger charge is 2.18. The Morgan fingerprint density at radius 1 is 1.35 bits per heavy atom. The van der Waals surface area contributed by atoms with E-state index in [0.717, 1.165) is 24.5 Å². The predicted octanol–water partition coefficient (Wildman–Crippen LogP) is 1.13. The molecule has 0 aliphatic heterocycles. The van der Waals surface area contributed by atoms with Crippen molar-refractivity contribution in [1.29, 1.82) is 0 Å². The second-order valence-electron chi connectivity index (χ2n) is 5.93. The first kappa shape index (κ1) is 17.3. The van der Waals surface area contributed by atoms with E-state index in [1.165, 1.54) is 5.56 Å². The number of hydrogen-bond acceptors (Lipinski definition) is 4. The predicted molar refractivity (Wildman–Crippen MR) is 83.3 cm³/mol. The zero-order chi connectivity index (χ0) is 15.3. The number of aliphatic hydroxyl groups is 1. The number of aromatic nitrogens is 2. The number of aliphatic hydroxyl groups excluding tert-OH is 1. The van der Waals surface area contributed by atoms with E-state index in [0.29, 0.717) is 12.3 Å². The average Bonchev–Trinajstić information content (AvgIpc) is 2.60. The SMILES string of the molecule is Cc1nn(CCO)c(C)c1CNCCS(=O)C(C)(C)C. The molecule has 0 fully saturated rings. The molecule has 1 rings (SSSR count). The molecular weight excluding hydrogens is 274 g/mol. The molecule has 1 unspecified atom stereocenters. The molecule has 1 atom stereocenters. The Morgan fingerprint density at radius 3 is 2.55 bits per heavy atom. The van der Waals surface area contributed by atoms with Crippen LogP contribution in [-0.4, -0.2) is 42.7 Å². The van der Waals surface area contributed by atoms with Crippen LogP contribution in [0.25, 0.3) is 0 Å². The Balaban J connectivity index is 2.49. The molecule has 0 amide bonds. The summed E-state index contributed by atoms with van der Waals surface area (Å²) in [6.45, 7) is 12.1. The molecule has 0 aliphatic carbocycles. The first-order valence-corrected chi connectivity index (χ1v) is 8.32. The summed E-state index contributed by atoms with van der Waals surface area (Å²) in [6.07, 6.45) is 0. The molecule has 6 heteroatoms. The summed E-state index contributed by atoms with van der Waals surface area (Å²) in [5.41, 5.74) is 3.24. The number of nitrogens with one attached hydrogen (secondary N) is 1. The van der Waals surface area contributed by atoms with Crippen LogP contribution in [0.3, 0.4) is 0 Å². The molecule has 116 valence electrons. The van der Waals surface area contributed by atoms with Gasteiger partial charge >= 0.3 is 0 Å². The molecule has 0 aromatic carbocycles. The molecule has 1 aromatic heterocycles. The number of aryl methyl sites for hydroxylation is 1. The van der Waals surface area contributed by atoms with E-state index in [9.17, 15) is 4.21 Å². The van der Waals surface area contributed by atoms with Crippen molar-refractivity contribution in [3.05, 3.63) is 17.0 Å². The van der Waals surface area contributed by atoms with E-state index < -0.39 is 10.8 Å². The van der Waals surface area contributed by atoms with Crippen LogP contribution in [0, 0.1) is 13.8 Å². The summed E-state index contributed by atoms with van der Waals surface area (Å²) in [7, 11) is -0.820. The summed E-state index contributed by atoms with van der Waals surface area (Å²) in [5, 5.41) is 16.7. The van der Waals surface area contributed by atoms with Gasteiger partial charge in [0.2, 0.25) is 0 Å². The summed E-state index contributed by atoms with van der Waals surface area (Å²) in [4.78, 5) is 0. The number of rotatable bonds is 7. The maximum Gasteiger partial charge on any atom is 0.0644 e. The van der Waals surface area contributed by atoms with E-state index in [2.05, 4.69) is 10.4 Å². The zero-order valence-electron chi connectivity index (χ0n) is 13.2. The quantitative estimate of drug-likeness (QED) is 0.741. The molecule has 0 bridgehead atoms. The molecule has 0 radical (unpaired) electrons. The van der Waals surface area contributed by atoms with Crippen molar-refractivity contribution in [3.63, 3.8) is 0 Å². The van der Waals surface area contributed by atoms with Crippen LogP contribution in [0.4, 0.5) is 0 Å². The second kappa shape index (κ2) is 7.33. The van der Waals surface area contributed by atoms with Gasteiger partial charge in [-0.05, 0) is 34.6 Å². The maximum atomic E-state index is 11.9. The Labute approximate surface area is 124 Å². The standard InChI is InChI=1S/C14H27N3O2S/c1-11-13(12(2)17(16-11)7-8-18)10-15-6-9-20(19)14(3,4)5/h15,18H,6-10H2,1-5H3. The minimum absolute atomic E-state index is 0.0966. The van der Waals surface area contributed by atoms with Gasteiger partial charge in [-0.1, -0.05) is 0 Å². The fourth-order valence-corrected chi connectivity index (χ4v) is 2.93. The summed E-state index contributed by atoms with van der Waals surface area (Å²) < 4.78 is 13.6. The van der Waals surface area contributed by atoms with Crippen molar-refractivity contribution in [2.45, 2.75) is 52.5 Å². The fraction of sp³-hybridized carbons (Fsp3) is 0.786.